The molecule has 0 aromatic heterocycles. The Morgan fingerprint density at radius 3 is 2.57 bits per heavy atom. The molecule has 1 aromatic carbocycles. The highest BCUT2D eigenvalue weighted by atomic mass is 16.5. The van der Waals surface area contributed by atoms with Gasteiger partial charge < -0.3 is 24.4 Å². The zero-order chi connectivity index (χ0) is 16.6. The van der Waals surface area contributed by atoms with Crippen molar-refractivity contribution < 1.29 is 15.6 Å². The maximum Gasteiger partial charge on any atom is 0.203 e. The van der Waals surface area contributed by atoms with E-state index in [-0.39, 0.29) is 6.84 Å². The fraction of sp³-hybridized carbons (Fsp3) is 0.667. The molecule has 5 heteroatoms. The molecule has 3 rings (SSSR count). The normalized spacial score (nSPS) is 26.7. The number of likely N-dealkylation sites (tertiary alicyclic amines) is 1. The van der Waals surface area contributed by atoms with E-state index >= 15 is 0 Å². The second-order valence-electron chi connectivity index (χ2n) is 6.96. The van der Waals surface area contributed by atoms with Crippen LogP contribution in [0.2, 0.25) is 0 Å². The molecule has 2 aliphatic rings. The molecule has 0 amide bonds. The maximum atomic E-state index is 5.75. The molecular weight excluding hydrogens is 292 g/mol. The lowest BCUT2D eigenvalue weighted by atomic mass is 9.77. The fourth-order valence-electron chi connectivity index (χ4n) is 4.20. The van der Waals surface area contributed by atoms with Crippen molar-refractivity contribution in [3.63, 3.8) is 0 Å². The van der Waals surface area contributed by atoms with Gasteiger partial charge in [-0.2, -0.15) is 0 Å². The number of hydrogen-bond donors (Lipinski definition) is 1. The standard InChI is InChI=1S/C18H28N2O3.H2/c1-18(10-12-7-6-8-20(12)2)11-19-13-9-14(21-3)16(22-4)17(23-5)15(13)18;/h9,12,19H,6-8,10-11H2,1-5H3;1H/t12-,18?;/m1./s1. The van der Waals surface area contributed by atoms with E-state index in [1.54, 1.807) is 21.3 Å². The van der Waals surface area contributed by atoms with Crippen molar-refractivity contribution in [2.75, 3.05) is 46.8 Å². The number of ether oxygens (including phenoxy) is 3. The third kappa shape index (κ3) is 2.61. The van der Waals surface area contributed by atoms with Crippen LogP contribution >= 0.6 is 0 Å². The van der Waals surface area contributed by atoms with Gasteiger partial charge in [0.1, 0.15) is 0 Å². The van der Waals surface area contributed by atoms with Crippen LogP contribution in [0.25, 0.3) is 0 Å². The summed E-state index contributed by atoms with van der Waals surface area (Å²) in [5.74, 6) is 2.19. The van der Waals surface area contributed by atoms with Crippen LogP contribution in [0.15, 0.2) is 6.07 Å². The van der Waals surface area contributed by atoms with Gasteiger partial charge in [0.25, 0.3) is 0 Å². The van der Waals surface area contributed by atoms with Crippen molar-refractivity contribution in [2.24, 2.45) is 0 Å². The lowest BCUT2D eigenvalue weighted by Crippen LogP contribution is -2.35. The van der Waals surface area contributed by atoms with Crippen LogP contribution < -0.4 is 19.5 Å². The zero-order valence-corrected chi connectivity index (χ0v) is 14.9. The zero-order valence-electron chi connectivity index (χ0n) is 14.9. The molecular formula is C18H30N2O3. The third-order valence-electron chi connectivity index (χ3n) is 5.46. The maximum absolute atomic E-state index is 5.75. The predicted octanol–water partition coefficient (Wildman–Crippen LogP) is 3.13. The minimum atomic E-state index is 0. The number of fused-ring (bicyclic) bond motifs is 1. The first-order chi connectivity index (χ1) is 11.0. The molecule has 0 spiro atoms. The fourth-order valence-corrected chi connectivity index (χ4v) is 4.20. The first-order valence-electron chi connectivity index (χ1n) is 8.31. The highest BCUT2D eigenvalue weighted by Gasteiger charge is 2.42. The molecule has 1 aromatic rings. The molecule has 130 valence electrons. The summed E-state index contributed by atoms with van der Waals surface area (Å²) in [7, 11) is 7.26. The van der Waals surface area contributed by atoms with Crippen LogP contribution in [-0.2, 0) is 5.41 Å². The largest absolute Gasteiger partial charge is 0.493 e. The highest BCUT2D eigenvalue weighted by molar-refractivity contribution is 5.74. The number of nitrogens with one attached hydrogen (secondary N) is 1. The van der Waals surface area contributed by atoms with E-state index in [0.29, 0.717) is 17.5 Å². The average Bonchev–Trinajstić information content (AvgIpc) is 3.10. The van der Waals surface area contributed by atoms with Gasteiger partial charge in [-0.05, 0) is 32.9 Å². The van der Waals surface area contributed by atoms with E-state index in [1.807, 2.05) is 6.07 Å². The summed E-state index contributed by atoms with van der Waals surface area (Å²) >= 11 is 0. The molecule has 2 heterocycles. The van der Waals surface area contributed by atoms with Crippen LogP contribution in [0.4, 0.5) is 5.69 Å². The molecule has 0 saturated carbocycles. The van der Waals surface area contributed by atoms with Crippen LogP contribution in [0.3, 0.4) is 0 Å². The Bertz CT molecular complexity index is 596. The SMILES string of the molecule is COc1cc2c(c(OC)c1OC)C(C)(C[C@H]1CCCN1C)CN2.[HH]. The Morgan fingerprint density at radius 2 is 2.00 bits per heavy atom. The molecule has 2 atom stereocenters. The molecule has 1 unspecified atom stereocenters. The summed E-state index contributed by atoms with van der Waals surface area (Å²) in [6.45, 7) is 4.44. The second kappa shape index (κ2) is 6.11. The Balaban J connectivity index is 0.00000208. The van der Waals surface area contributed by atoms with E-state index in [4.69, 9.17) is 14.2 Å². The first-order valence-corrected chi connectivity index (χ1v) is 8.31. The van der Waals surface area contributed by atoms with Gasteiger partial charge in [0.2, 0.25) is 5.75 Å². The summed E-state index contributed by atoms with van der Waals surface area (Å²) in [6, 6.07) is 2.66. The Morgan fingerprint density at radius 1 is 1.26 bits per heavy atom. The molecule has 0 radical (unpaired) electrons. The van der Waals surface area contributed by atoms with Crippen molar-refractivity contribution in [3.05, 3.63) is 11.6 Å². The van der Waals surface area contributed by atoms with Gasteiger partial charge in [0.15, 0.2) is 11.5 Å². The van der Waals surface area contributed by atoms with Gasteiger partial charge in [0, 0.05) is 36.7 Å². The Hall–Kier alpha value is -1.62. The van der Waals surface area contributed by atoms with Crippen molar-refractivity contribution in [1.29, 1.82) is 0 Å². The van der Waals surface area contributed by atoms with Crippen molar-refractivity contribution >= 4 is 5.69 Å². The average molecular weight is 322 g/mol. The van der Waals surface area contributed by atoms with Crippen LogP contribution in [0, 0.1) is 0 Å². The first kappa shape index (κ1) is 16.2. The predicted molar refractivity (Wildman–Crippen MR) is 94.3 cm³/mol. The van der Waals surface area contributed by atoms with Gasteiger partial charge in [-0.3, -0.25) is 0 Å². The van der Waals surface area contributed by atoms with Crippen LogP contribution in [-0.4, -0.2) is 52.4 Å². The van der Waals surface area contributed by atoms with Gasteiger partial charge in [-0.25, -0.2) is 0 Å². The van der Waals surface area contributed by atoms with E-state index in [9.17, 15) is 0 Å². The minimum absolute atomic E-state index is 0. The van der Waals surface area contributed by atoms with Gasteiger partial charge in [-0.1, -0.05) is 6.92 Å². The monoisotopic (exact) mass is 322 g/mol. The lowest BCUT2D eigenvalue weighted by molar-refractivity contribution is 0.250. The number of nitrogens with zero attached hydrogens (tertiary/aromatic N) is 1. The second-order valence-corrected chi connectivity index (χ2v) is 6.96. The van der Waals surface area contributed by atoms with E-state index in [0.717, 1.165) is 24.4 Å². The molecule has 23 heavy (non-hydrogen) atoms. The number of benzene rings is 1. The minimum Gasteiger partial charge on any atom is -0.493 e. The van der Waals surface area contributed by atoms with Crippen molar-refractivity contribution in [2.45, 2.75) is 37.6 Å². The van der Waals surface area contributed by atoms with E-state index in [2.05, 4.69) is 24.2 Å². The van der Waals surface area contributed by atoms with Gasteiger partial charge >= 0.3 is 0 Å². The molecule has 5 nitrogen and oxygen atoms in total. The summed E-state index contributed by atoms with van der Waals surface area (Å²) in [4.78, 5) is 2.48. The summed E-state index contributed by atoms with van der Waals surface area (Å²) in [5, 5.41) is 3.55. The summed E-state index contributed by atoms with van der Waals surface area (Å²) in [5.41, 5.74) is 2.35. The van der Waals surface area contributed by atoms with Crippen LogP contribution in [0.5, 0.6) is 17.2 Å². The number of methoxy groups -OCH3 is 3. The topological polar surface area (TPSA) is 43.0 Å². The number of anilines is 1. The Labute approximate surface area is 140 Å². The molecule has 0 bridgehead atoms. The summed E-state index contributed by atoms with van der Waals surface area (Å²) < 4.78 is 16.8. The van der Waals surface area contributed by atoms with Crippen molar-refractivity contribution in [3.8, 4) is 17.2 Å². The summed E-state index contributed by atoms with van der Waals surface area (Å²) in [6.07, 6.45) is 3.69. The number of rotatable bonds is 5. The molecule has 0 aliphatic carbocycles. The van der Waals surface area contributed by atoms with Crippen LogP contribution in [0.1, 0.15) is 33.2 Å². The molecule has 1 saturated heterocycles. The van der Waals surface area contributed by atoms with Crippen molar-refractivity contribution in [1.82, 2.24) is 4.90 Å². The van der Waals surface area contributed by atoms with E-state index in [1.165, 1.54) is 24.9 Å². The molecule has 2 aliphatic heterocycles. The molecule has 1 N–H and O–H groups in total. The molecule has 1 fully saturated rings. The highest BCUT2D eigenvalue weighted by Crippen LogP contribution is 2.53. The van der Waals surface area contributed by atoms with Gasteiger partial charge in [-0.15, -0.1) is 0 Å². The van der Waals surface area contributed by atoms with E-state index < -0.39 is 0 Å². The Kier molecular flexibility index (Phi) is 4.32. The number of hydrogen-bond acceptors (Lipinski definition) is 5. The third-order valence-corrected chi connectivity index (χ3v) is 5.46. The quantitative estimate of drug-likeness (QED) is 0.902. The van der Waals surface area contributed by atoms with Gasteiger partial charge in [0.05, 0.1) is 21.3 Å². The lowest BCUT2D eigenvalue weighted by Gasteiger charge is -2.32. The smallest absolute Gasteiger partial charge is 0.203 e.